The zero-order valence-electron chi connectivity index (χ0n) is 19.2. The topological polar surface area (TPSA) is 6.48 Å². The first-order valence-corrected chi connectivity index (χ1v) is 12.1. The van der Waals surface area contributed by atoms with Crippen molar-refractivity contribution in [2.45, 2.75) is 46.1 Å². The molecule has 2 aromatic carbocycles. The van der Waals surface area contributed by atoms with Crippen LogP contribution < -0.4 is 0 Å². The van der Waals surface area contributed by atoms with Gasteiger partial charge in [-0.1, -0.05) is 56.6 Å². The zero-order valence-corrected chi connectivity index (χ0v) is 19.9. The van der Waals surface area contributed by atoms with Gasteiger partial charge in [0.2, 0.25) is 0 Å². The second kappa shape index (κ2) is 9.60. The Labute approximate surface area is 192 Å². The Morgan fingerprint density at radius 2 is 1.55 bits per heavy atom. The van der Waals surface area contributed by atoms with Crippen molar-refractivity contribution in [1.82, 2.24) is 9.80 Å². The van der Waals surface area contributed by atoms with Crippen molar-refractivity contribution >= 4 is 11.6 Å². The summed E-state index contributed by atoms with van der Waals surface area (Å²) in [7, 11) is 0. The lowest BCUT2D eigenvalue weighted by Gasteiger charge is -2.37. The minimum absolute atomic E-state index is 0.140. The van der Waals surface area contributed by atoms with Gasteiger partial charge in [-0.25, -0.2) is 4.39 Å². The Bertz CT molecular complexity index is 835. The van der Waals surface area contributed by atoms with Crippen LogP contribution in [0.3, 0.4) is 0 Å². The van der Waals surface area contributed by atoms with Gasteiger partial charge in [0.05, 0.1) is 0 Å². The van der Waals surface area contributed by atoms with Gasteiger partial charge < -0.3 is 4.90 Å². The van der Waals surface area contributed by atoms with Gasteiger partial charge in [-0.3, -0.25) is 4.90 Å². The molecule has 168 valence electrons. The van der Waals surface area contributed by atoms with Crippen molar-refractivity contribution < 1.29 is 4.39 Å². The van der Waals surface area contributed by atoms with Gasteiger partial charge >= 0.3 is 0 Å². The molecule has 1 unspecified atom stereocenters. The smallest absolute Gasteiger partial charge is 0.123 e. The van der Waals surface area contributed by atoms with Gasteiger partial charge in [0.15, 0.2) is 0 Å². The number of benzene rings is 2. The molecular formula is C27H36ClFN2. The normalized spacial score (nSPS) is 24.0. The van der Waals surface area contributed by atoms with E-state index in [4.69, 9.17) is 11.6 Å². The van der Waals surface area contributed by atoms with Crippen molar-refractivity contribution in [3.8, 4) is 0 Å². The first-order chi connectivity index (χ1) is 14.8. The fourth-order valence-electron chi connectivity index (χ4n) is 5.62. The molecule has 2 aliphatic heterocycles. The van der Waals surface area contributed by atoms with E-state index in [1.165, 1.54) is 43.6 Å². The third kappa shape index (κ3) is 5.88. The first-order valence-electron chi connectivity index (χ1n) is 11.7. The predicted molar refractivity (Wildman–Crippen MR) is 128 cm³/mol. The van der Waals surface area contributed by atoms with E-state index in [-0.39, 0.29) is 5.82 Å². The Morgan fingerprint density at radius 1 is 0.903 bits per heavy atom. The second-order valence-electron chi connectivity index (χ2n) is 10.7. The van der Waals surface area contributed by atoms with E-state index in [1.807, 2.05) is 24.3 Å². The maximum atomic E-state index is 13.2. The van der Waals surface area contributed by atoms with Gasteiger partial charge in [-0.15, -0.1) is 0 Å². The summed E-state index contributed by atoms with van der Waals surface area (Å²) in [5.41, 5.74) is 2.95. The van der Waals surface area contributed by atoms with Crippen LogP contribution in [0.2, 0.25) is 5.02 Å². The molecule has 2 aliphatic rings. The van der Waals surface area contributed by atoms with Gasteiger partial charge in [0, 0.05) is 31.2 Å². The van der Waals surface area contributed by atoms with Crippen molar-refractivity contribution in [3.63, 3.8) is 0 Å². The molecule has 0 bridgehead atoms. The Morgan fingerprint density at radius 3 is 2.16 bits per heavy atom. The molecule has 0 aliphatic carbocycles. The van der Waals surface area contributed by atoms with Crippen LogP contribution in [0.5, 0.6) is 0 Å². The van der Waals surface area contributed by atoms with Crippen LogP contribution in [0, 0.1) is 23.1 Å². The standard InChI is InChI=1S/C27H36ClFN2/c1-27(2,3)26-19-31(16-20-4-8-24(28)9-5-20)18-23(26)17-30-14-12-22(13-15-30)21-6-10-25(29)11-7-21/h4-11,22-23,26H,12-19H2,1-3H3/t23?,26-/m1/s1. The van der Waals surface area contributed by atoms with E-state index in [2.05, 4.69) is 42.7 Å². The highest BCUT2D eigenvalue weighted by molar-refractivity contribution is 6.30. The zero-order chi connectivity index (χ0) is 22.0. The SMILES string of the molecule is CC(C)(C)[C@@H]1CN(Cc2ccc(Cl)cc2)CC1CN1CCC(c2ccc(F)cc2)CC1. The number of piperidine rings is 1. The molecule has 31 heavy (non-hydrogen) atoms. The lowest BCUT2D eigenvalue weighted by atomic mass is 9.74. The monoisotopic (exact) mass is 442 g/mol. The van der Waals surface area contributed by atoms with E-state index < -0.39 is 0 Å². The fourth-order valence-corrected chi connectivity index (χ4v) is 5.75. The third-order valence-electron chi connectivity index (χ3n) is 7.37. The molecule has 2 fully saturated rings. The maximum Gasteiger partial charge on any atom is 0.123 e. The summed E-state index contributed by atoms with van der Waals surface area (Å²) in [6, 6.07) is 15.4. The van der Waals surface area contributed by atoms with Crippen LogP contribution in [0.4, 0.5) is 4.39 Å². The maximum absolute atomic E-state index is 13.2. The molecule has 0 radical (unpaired) electrons. The van der Waals surface area contributed by atoms with E-state index in [9.17, 15) is 4.39 Å². The molecule has 0 amide bonds. The summed E-state index contributed by atoms with van der Waals surface area (Å²) in [5, 5.41) is 0.805. The highest BCUT2D eigenvalue weighted by atomic mass is 35.5. The van der Waals surface area contributed by atoms with Crippen LogP contribution in [-0.4, -0.2) is 42.5 Å². The molecule has 2 heterocycles. The highest BCUT2D eigenvalue weighted by Gasteiger charge is 2.40. The van der Waals surface area contributed by atoms with Crippen molar-refractivity contribution in [2.24, 2.45) is 17.3 Å². The summed E-state index contributed by atoms with van der Waals surface area (Å²) in [6.45, 7) is 14.0. The molecule has 4 rings (SSSR count). The predicted octanol–water partition coefficient (Wildman–Crippen LogP) is 6.45. The lowest BCUT2D eigenvalue weighted by Crippen LogP contribution is -2.40. The van der Waals surface area contributed by atoms with Crippen LogP contribution in [-0.2, 0) is 6.54 Å². The number of likely N-dealkylation sites (tertiary alicyclic amines) is 2. The number of rotatable bonds is 5. The van der Waals surface area contributed by atoms with Crippen molar-refractivity contribution in [1.29, 1.82) is 0 Å². The largest absolute Gasteiger partial charge is 0.303 e. The number of hydrogen-bond acceptors (Lipinski definition) is 2. The molecule has 2 aromatic rings. The molecular weight excluding hydrogens is 407 g/mol. The van der Waals surface area contributed by atoms with Gasteiger partial charge in [-0.05, 0) is 84.5 Å². The van der Waals surface area contributed by atoms with Gasteiger partial charge in [0.1, 0.15) is 5.82 Å². The summed E-state index contributed by atoms with van der Waals surface area (Å²) >= 11 is 6.06. The van der Waals surface area contributed by atoms with E-state index in [0.29, 0.717) is 23.2 Å². The molecule has 2 saturated heterocycles. The third-order valence-corrected chi connectivity index (χ3v) is 7.62. The van der Waals surface area contributed by atoms with Crippen LogP contribution >= 0.6 is 11.6 Å². The van der Waals surface area contributed by atoms with E-state index in [0.717, 1.165) is 24.7 Å². The average molecular weight is 443 g/mol. The average Bonchev–Trinajstić information content (AvgIpc) is 3.14. The van der Waals surface area contributed by atoms with Crippen LogP contribution in [0.1, 0.15) is 50.7 Å². The summed E-state index contributed by atoms with van der Waals surface area (Å²) in [6.07, 6.45) is 2.35. The molecule has 0 spiro atoms. The minimum Gasteiger partial charge on any atom is -0.303 e. The minimum atomic E-state index is -0.140. The number of hydrogen-bond donors (Lipinski definition) is 0. The van der Waals surface area contributed by atoms with E-state index >= 15 is 0 Å². The molecule has 2 atom stereocenters. The van der Waals surface area contributed by atoms with Crippen molar-refractivity contribution in [2.75, 3.05) is 32.7 Å². The Hall–Kier alpha value is -1.42. The second-order valence-corrected chi connectivity index (χ2v) is 11.1. The van der Waals surface area contributed by atoms with Crippen molar-refractivity contribution in [3.05, 3.63) is 70.5 Å². The number of halogens is 2. The van der Waals surface area contributed by atoms with Crippen LogP contribution in [0.15, 0.2) is 48.5 Å². The summed E-state index contributed by atoms with van der Waals surface area (Å²) < 4.78 is 13.2. The summed E-state index contributed by atoms with van der Waals surface area (Å²) in [4.78, 5) is 5.31. The molecule has 2 nitrogen and oxygen atoms in total. The van der Waals surface area contributed by atoms with Gasteiger partial charge in [0.25, 0.3) is 0 Å². The quantitative estimate of drug-likeness (QED) is 0.524. The first kappa shape index (κ1) is 22.8. The number of nitrogens with zero attached hydrogens (tertiary/aromatic N) is 2. The molecule has 0 saturated carbocycles. The molecule has 4 heteroatoms. The Kier molecular flexibility index (Phi) is 7.05. The highest BCUT2D eigenvalue weighted by Crippen LogP contribution is 2.39. The van der Waals surface area contributed by atoms with E-state index in [1.54, 1.807) is 12.1 Å². The van der Waals surface area contributed by atoms with Gasteiger partial charge in [-0.2, -0.15) is 0 Å². The fraction of sp³-hybridized carbons (Fsp3) is 0.556. The molecule has 0 aromatic heterocycles. The lowest BCUT2D eigenvalue weighted by molar-refractivity contribution is 0.130. The Balaban J connectivity index is 1.35. The summed E-state index contributed by atoms with van der Waals surface area (Å²) in [5.74, 6) is 1.84. The molecule has 0 N–H and O–H groups in total. The van der Waals surface area contributed by atoms with Crippen LogP contribution in [0.25, 0.3) is 0 Å².